The molecule has 0 saturated carbocycles. The molecule has 0 bridgehead atoms. The average Bonchev–Trinajstić information content (AvgIpc) is 2.14. The molecule has 4 nitrogen and oxygen atoms in total. The number of hydrogen-bond acceptors (Lipinski definition) is 4. The Balaban J connectivity index is 2.69. The number of aromatic hydroxyl groups is 1. The normalized spacial score (nSPS) is 11.1. The zero-order valence-electron chi connectivity index (χ0n) is 10.6. The largest absolute Gasteiger partial charge is 0.504 e. The van der Waals surface area contributed by atoms with Crippen LogP contribution >= 0.6 is 0 Å². The van der Waals surface area contributed by atoms with E-state index < -0.39 is 0 Å². The fourth-order valence-electron chi connectivity index (χ4n) is 1.33. The van der Waals surface area contributed by atoms with Crippen molar-refractivity contribution >= 4 is 5.97 Å². The third-order valence-electron chi connectivity index (χ3n) is 2.06. The third-order valence-corrected chi connectivity index (χ3v) is 2.06. The highest BCUT2D eigenvalue weighted by Crippen LogP contribution is 2.30. The Labute approximate surface area is 101 Å². The van der Waals surface area contributed by atoms with E-state index in [1.807, 2.05) is 20.8 Å². The summed E-state index contributed by atoms with van der Waals surface area (Å²) in [6, 6.07) is 4.49. The third kappa shape index (κ3) is 4.34. The first-order chi connectivity index (χ1) is 7.81. The minimum absolute atomic E-state index is 0.0476. The van der Waals surface area contributed by atoms with Gasteiger partial charge in [0.2, 0.25) is 0 Å². The van der Waals surface area contributed by atoms with Crippen LogP contribution in [0.2, 0.25) is 0 Å². The van der Waals surface area contributed by atoms with Gasteiger partial charge >= 0.3 is 5.97 Å². The van der Waals surface area contributed by atoms with E-state index in [0.717, 1.165) is 0 Å². The SMILES string of the molecule is COc1ccc(OC(=O)CC(C)(C)C)cc1O. The van der Waals surface area contributed by atoms with Crippen LogP contribution in [0.4, 0.5) is 0 Å². The molecule has 94 valence electrons. The minimum atomic E-state index is -0.318. The number of methoxy groups -OCH3 is 1. The maximum absolute atomic E-state index is 11.6. The summed E-state index contributed by atoms with van der Waals surface area (Å²) in [7, 11) is 1.46. The lowest BCUT2D eigenvalue weighted by molar-refractivity contribution is -0.136. The lowest BCUT2D eigenvalue weighted by atomic mass is 9.92. The molecule has 0 aliphatic heterocycles. The molecular weight excluding hydrogens is 220 g/mol. The van der Waals surface area contributed by atoms with E-state index in [4.69, 9.17) is 9.47 Å². The monoisotopic (exact) mass is 238 g/mol. The molecule has 0 spiro atoms. The number of carbonyl (C=O) groups is 1. The van der Waals surface area contributed by atoms with Crippen LogP contribution in [-0.2, 0) is 4.79 Å². The number of rotatable bonds is 3. The first-order valence-electron chi connectivity index (χ1n) is 5.39. The zero-order chi connectivity index (χ0) is 13.1. The van der Waals surface area contributed by atoms with Crippen molar-refractivity contribution < 1.29 is 19.4 Å². The van der Waals surface area contributed by atoms with Gasteiger partial charge in [-0.1, -0.05) is 20.8 Å². The number of phenols is 1. The number of benzene rings is 1. The van der Waals surface area contributed by atoms with Gasteiger partial charge in [-0.15, -0.1) is 0 Å². The van der Waals surface area contributed by atoms with Gasteiger partial charge in [0, 0.05) is 6.07 Å². The fraction of sp³-hybridized carbons (Fsp3) is 0.462. The molecule has 0 aliphatic rings. The topological polar surface area (TPSA) is 55.8 Å². The molecule has 0 aromatic heterocycles. The minimum Gasteiger partial charge on any atom is -0.504 e. The van der Waals surface area contributed by atoms with Crippen molar-refractivity contribution in [3.05, 3.63) is 18.2 Å². The Morgan fingerprint density at radius 1 is 1.35 bits per heavy atom. The lowest BCUT2D eigenvalue weighted by Crippen LogP contribution is -2.17. The first kappa shape index (κ1) is 13.4. The molecule has 17 heavy (non-hydrogen) atoms. The summed E-state index contributed by atoms with van der Waals surface area (Å²) in [6.07, 6.45) is 0.319. The van der Waals surface area contributed by atoms with E-state index >= 15 is 0 Å². The predicted molar refractivity (Wildman–Crippen MR) is 64.4 cm³/mol. The summed E-state index contributed by atoms with van der Waals surface area (Å²) in [4.78, 5) is 11.6. The van der Waals surface area contributed by atoms with Crippen molar-refractivity contribution in [2.75, 3.05) is 7.11 Å². The summed E-state index contributed by atoms with van der Waals surface area (Å²) in [5, 5.41) is 9.52. The van der Waals surface area contributed by atoms with Gasteiger partial charge < -0.3 is 14.6 Å². The zero-order valence-corrected chi connectivity index (χ0v) is 10.6. The molecule has 0 fully saturated rings. The molecular formula is C13H18O4. The van der Waals surface area contributed by atoms with E-state index in [2.05, 4.69) is 0 Å². The van der Waals surface area contributed by atoms with Crippen molar-refractivity contribution in [2.24, 2.45) is 5.41 Å². The molecule has 1 aromatic rings. The van der Waals surface area contributed by atoms with E-state index in [9.17, 15) is 9.90 Å². The quantitative estimate of drug-likeness (QED) is 0.649. The number of phenolic OH excluding ortho intramolecular Hbond substituents is 1. The van der Waals surface area contributed by atoms with Gasteiger partial charge in [-0.2, -0.15) is 0 Å². The second kappa shape index (κ2) is 5.08. The van der Waals surface area contributed by atoms with Crippen molar-refractivity contribution in [3.63, 3.8) is 0 Å². The highest BCUT2D eigenvalue weighted by atomic mass is 16.5. The molecule has 1 aromatic carbocycles. The van der Waals surface area contributed by atoms with E-state index in [1.165, 1.54) is 13.2 Å². The molecule has 4 heteroatoms. The molecule has 0 unspecified atom stereocenters. The lowest BCUT2D eigenvalue weighted by Gasteiger charge is -2.16. The van der Waals surface area contributed by atoms with Crippen LogP contribution in [0, 0.1) is 5.41 Å². The Bertz CT molecular complexity index is 404. The van der Waals surface area contributed by atoms with Crippen molar-refractivity contribution in [3.8, 4) is 17.2 Å². The Morgan fingerprint density at radius 3 is 2.47 bits per heavy atom. The second-order valence-corrected chi connectivity index (χ2v) is 5.05. The first-order valence-corrected chi connectivity index (χ1v) is 5.39. The smallest absolute Gasteiger partial charge is 0.311 e. The Morgan fingerprint density at radius 2 is 2.00 bits per heavy atom. The van der Waals surface area contributed by atoms with Crippen LogP contribution in [0.25, 0.3) is 0 Å². The molecule has 0 saturated heterocycles. The van der Waals surface area contributed by atoms with Crippen molar-refractivity contribution in [1.82, 2.24) is 0 Å². The summed E-state index contributed by atoms with van der Waals surface area (Å²) in [5.41, 5.74) is -0.119. The van der Waals surface area contributed by atoms with Crippen LogP contribution in [0.3, 0.4) is 0 Å². The van der Waals surface area contributed by atoms with Gasteiger partial charge in [0.15, 0.2) is 11.5 Å². The van der Waals surface area contributed by atoms with Gasteiger partial charge in [0.25, 0.3) is 0 Å². The van der Waals surface area contributed by atoms with E-state index in [0.29, 0.717) is 17.9 Å². The maximum Gasteiger partial charge on any atom is 0.311 e. The van der Waals surface area contributed by atoms with Crippen molar-refractivity contribution in [2.45, 2.75) is 27.2 Å². The van der Waals surface area contributed by atoms with Crippen LogP contribution in [0.15, 0.2) is 18.2 Å². The van der Waals surface area contributed by atoms with Gasteiger partial charge in [0.1, 0.15) is 5.75 Å². The Hall–Kier alpha value is -1.71. The fourth-order valence-corrected chi connectivity index (χ4v) is 1.33. The second-order valence-electron chi connectivity index (χ2n) is 5.05. The molecule has 0 aliphatic carbocycles. The predicted octanol–water partition coefficient (Wildman–Crippen LogP) is 2.74. The summed E-state index contributed by atoms with van der Waals surface area (Å²) >= 11 is 0. The van der Waals surface area contributed by atoms with Gasteiger partial charge in [-0.25, -0.2) is 0 Å². The van der Waals surface area contributed by atoms with Crippen LogP contribution in [0.5, 0.6) is 17.2 Å². The standard InChI is InChI=1S/C13H18O4/c1-13(2,3)8-12(15)17-9-5-6-11(16-4)10(14)7-9/h5-7,14H,8H2,1-4H3. The van der Waals surface area contributed by atoms with Gasteiger partial charge in [-0.3, -0.25) is 4.79 Å². The van der Waals surface area contributed by atoms with E-state index in [-0.39, 0.29) is 17.1 Å². The summed E-state index contributed by atoms with van der Waals surface area (Å²) < 4.78 is 10.0. The average molecular weight is 238 g/mol. The maximum atomic E-state index is 11.6. The number of carbonyl (C=O) groups excluding carboxylic acids is 1. The van der Waals surface area contributed by atoms with Crippen LogP contribution in [0.1, 0.15) is 27.2 Å². The molecule has 0 atom stereocenters. The molecule has 1 rings (SSSR count). The van der Waals surface area contributed by atoms with Gasteiger partial charge in [0.05, 0.1) is 13.5 Å². The molecule has 0 radical (unpaired) electrons. The highest BCUT2D eigenvalue weighted by Gasteiger charge is 2.18. The summed E-state index contributed by atoms with van der Waals surface area (Å²) in [5.74, 6) is 0.300. The molecule has 0 amide bonds. The Kier molecular flexibility index (Phi) is 3.99. The highest BCUT2D eigenvalue weighted by molar-refractivity contribution is 5.73. The number of hydrogen-bond donors (Lipinski definition) is 1. The van der Waals surface area contributed by atoms with Crippen molar-refractivity contribution in [1.29, 1.82) is 0 Å². The molecule has 1 N–H and O–H groups in total. The van der Waals surface area contributed by atoms with Crippen LogP contribution in [-0.4, -0.2) is 18.2 Å². The van der Waals surface area contributed by atoms with E-state index in [1.54, 1.807) is 12.1 Å². The van der Waals surface area contributed by atoms with Gasteiger partial charge in [-0.05, 0) is 17.5 Å². The number of ether oxygens (including phenoxy) is 2. The number of esters is 1. The van der Waals surface area contributed by atoms with Crippen LogP contribution < -0.4 is 9.47 Å². The molecule has 0 heterocycles. The summed E-state index contributed by atoms with van der Waals surface area (Å²) in [6.45, 7) is 5.87.